The number of amides is 1. The van der Waals surface area contributed by atoms with E-state index in [1.807, 2.05) is 4.90 Å². The minimum absolute atomic E-state index is 0.0664. The van der Waals surface area contributed by atoms with Crippen LogP contribution in [-0.2, 0) is 9.53 Å². The molecule has 3 aliphatic rings. The molecule has 0 radical (unpaired) electrons. The zero-order chi connectivity index (χ0) is 13.9. The lowest BCUT2D eigenvalue weighted by molar-refractivity contribution is -0.134. The number of ether oxygens (including phenoxy) is 1. The number of aliphatic hydroxyl groups excluding tert-OH is 1. The zero-order valence-electron chi connectivity index (χ0n) is 12.2. The SMILES string of the molecule is O=C(C1C2CCCC21)N(CCO)CCN1CCOCC1. The number of carbonyl (C=O) groups excluding carboxylic acids is 1. The summed E-state index contributed by atoms with van der Waals surface area (Å²) in [4.78, 5) is 16.8. The van der Waals surface area contributed by atoms with Gasteiger partial charge in [0.15, 0.2) is 0 Å². The van der Waals surface area contributed by atoms with Crippen LogP contribution in [0.3, 0.4) is 0 Å². The summed E-state index contributed by atoms with van der Waals surface area (Å²) < 4.78 is 5.34. The fourth-order valence-electron chi connectivity index (χ4n) is 3.94. The lowest BCUT2D eigenvalue weighted by Gasteiger charge is -2.30. The van der Waals surface area contributed by atoms with E-state index in [1.165, 1.54) is 19.3 Å². The predicted octanol–water partition coefficient (Wildman–Crippen LogP) is 0.186. The fraction of sp³-hybridized carbons (Fsp3) is 0.933. The van der Waals surface area contributed by atoms with Gasteiger partial charge in [0.2, 0.25) is 5.91 Å². The van der Waals surface area contributed by atoms with Gasteiger partial charge >= 0.3 is 0 Å². The molecule has 1 heterocycles. The van der Waals surface area contributed by atoms with Crippen molar-refractivity contribution >= 4 is 5.91 Å². The normalized spacial score (nSPS) is 33.0. The number of nitrogens with zero attached hydrogens (tertiary/aromatic N) is 2. The van der Waals surface area contributed by atoms with E-state index in [-0.39, 0.29) is 12.5 Å². The molecule has 3 fully saturated rings. The molecule has 2 saturated carbocycles. The molecule has 0 bridgehead atoms. The van der Waals surface area contributed by atoms with Crippen molar-refractivity contribution in [3.63, 3.8) is 0 Å². The maximum absolute atomic E-state index is 12.6. The van der Waals surface area contributed by atoms with E-state index < -0.39 is 0 Å². The minimum atomic E-state index is 0.0664. The third-order valence-electron chi connectivity index (χ3n) is 5.16. The molecule has 2 aliphatic carbocycles. The number of aliphatic hydroxyl groups is 1. The maximum Gasteiger partial charge on any atom is 0.226 e. The minimum Gasteiger partial charge on any atom is -0.395 e. The Hall–Kier alpha value is -0.650. The molecule has 1 saturated heterocycles. The van der Waals surface area contributed by atoms with Gasteiger partial charge in [-0.25, -0.2) is 0 Å². The Morgan fingerprint density at radius 3 is 2.55 bits per heavy atom. The van der Waals surface area contributed by atoms with Crippen molar-refractivity contribution < 1.29 is 14.6 Å². The van der Waals surface area contributed by atoms with E-state index in [2.05, 4.69) is 4.90 Å². The number of hydrogen-bond donors (Lipinski definition) is 1. The molecule has 20 heavy (non-hydrogen) atoms. The lowest BCUT2D eigenvalue weighted by Crippen LogP contribution is -2.44. The van der Waals surface area contributed by atoms with Crippen LogP contribution < -0.4 is 0 Å². The van der Waals surface area contributed by atoms with Gasteiger partial charge in [-0.05, 0) is 24.7 Å². The highest BCUT2D eigenvalue weighted by Gasteiger charge is 2.57. The Morgan fingerprint density at radius 1 is 1.20 bits per heavy atom. The van der Waals surface area contributed by atoms with Crippen molar-refractivity contribution in [2.45, 2.75) is 19.3 Å². The standard InChI is InChI=1S/C15H26N2O3/c18-9-6-17(5-4-16-7-10-20-11-8-16)15(19)14-12-2-1-3-13(12)14/h12-14,18H,1-11H2. The molecule has 0 aromatic heterocycles. The molecule has 0 aromatic rings. The molecular weight excluding hydrogens is 256 g/mol. The second-order valence-corrected chi connectivity index (χ2v) is 6.29. The molecule has 0 aromatic carbocycles. The molecule has 5 nitrogen and oxygen atoms in total. The summed E-state index contributed by atoms with van der Waals surface area (Å²) in [5, 5.41) is 9.20. The van der Waals surface area contributed by atoms with Gasteiger partial charge in [0.05, 0.1) is 19.8 Å². The Kier molecular flexibility index (Phi) is 4.58. The first kappa shape index (κ1) is 14.3. The molecule has 2 atom stereocenters. The van der Waals surface area contributed by atoms with E-state index >= 15 is 0 Å². The van der Waals surface area contributed by atoms with E-state index in [0.717, 1.165) is 39.4 Å². The summed E-state index contributed by atoms with van der Waals surface area (Å²) in [6, 6.07) is 0. The van der Waals surface area contributed by atoms with Crippen molar-refractivity contribution in [1.82, 2.24) is 9.80 Å². The van der Waals surface area contributed by atoms with Crippen molar-refractivity contribution in [2.24, 2.45) is 17.8 Å². The highest BCUT2D eigenvalue weighted by atomic mass is 16.5. The Morgan fingerprint density at radius 2 is 1.90 bits per heavy atom. The van der Waals surface area contributed by atoms with Crippen LogP contribution in [0.1, 0.15) is 19.3 Å². The highest BCUT2D eigenvalue weighted by Crippen LogP contribution is 2.58. The molecule has 0 spiro atoms. The quantitative estimate of drug-likeness (QED) is 0.755. The third-order valence-corrected chi connectivity index (χ3v) is 5.16. The van der Waals surface area contributed by atoms with Crippen molar-refractivity contribution in [3.8, 4) is 0 Å². The number of rotatable bonds is 6. The van der Waals surface area contributed by atoms with Crippen LogP contribution in [0.2, 0.25) is 0 Å². The molecule has 1 amide bonds. The molecule has 3 rings (SSSR count). The first-order chi connectivity index (χ1) is 9.81. The number of fused-ring (bicyclic) bond motifs is 1. The van der Waals surface area contributed by atoms with Crippen LogP contribution in [0.15, 0.2) is 0 Å². The third kappa shape index (κ3) is 3.00. The van der Waals surface area contributed by atoms with Crippen LogP contribution in [0.4, 0.5) is 0 Å². The Labute approximate surface area is 120 Å². The largest absolute Gasteiger partial charge is 0.395 e. The second-order valence-electron chi connectivity index (χ2n) is 6.29. The van der Waals surface area contributed by atoms with Crippen molar-refractivity contribution in [1.29, 1.82) is 0 Å². The molecule has 114 valence electrons. The first-order valence-corrected chi connectivity index (χ1v) is 8.01. The number of carbonyl (C=O) groups is 1. The van der Waals surface area contributed by atoms with Crippen LogP contribution in [0, 0.1) is 17.8 Å². The Bertz CT molecular complexity index is 334. The molecule has 5 heteroatoms. The molecule has 1 aliphatic heterocycles. The van der Waals surface area contributed by atoms with Gasteiger partial charge in [-0.15, -0.1) is 0 Å². The second kappa shape index (κ2) is 6.41. The smallest absolute Gasteiger partial charge is 0.226 e. The maximum atomic E-state index is 12.6. The van der Waals surface area contributed by atoms with Gasteiger partial charge in [-0.2, -0.15) is 0 Å². The van der Waals surface area contributed by atoms with Crippen molar-refractivity contribution in [3.05, 3.63) is 0 Å². The van der Waals surface area contributed by atoms with Gasteiger partial charge in [0, 0.05) is 38.6 Å². The van der Waals surface area contributed by atoms with Gasteiger partial charge in [-0.1, -0.05) is 6.42 Å². The van der Waals surface area contributed by atoms with Gasteiger partial charge < -0.3 is 14.7 Å². The number of morpholine rings is 1. The van der Waals surface area contributed by atoms with Gasteiger partial charge in [0.25, 0.3) is 0 Å². The van der Waals surface area contributed by atoms with E-state index in [0.29, 0.717) is 24.3 Å². The lowest BCUT2D eigenvalue weighted by atomic mass is 10.1. The number of hydrogen-bond acceptors (Lipinski definition) is 4. The van der Waals surface area contributed by atoms with Gasteiger partial charge in [0.1, 0.15) is 0 Å². The van der Waals surface area contributed by atoms with Crippen LogP contribution >= 0.6 is 0 Å². The summed E-state index contributed by atoms with van der Waals surface area (Å²) in [6.07, 6.45) is 3.77. The fourth-order valence-corrected chi connectivity index (χ4v) is 3.94. The van der Waals surface area contributed by atoms with Crippen molar-refractivity contribution in [2.75, 3.05) is 52.5 Å². The summed E-state index contributed by atoms with van der Waals surface area (Å²) in [5.74, 6) is 1.89. The molecule has 2 unspecified atom stereocenters. The molecular formula is C15H26N2O3. The topological polar surface area (TPSA) is 53.0 Å². The van der Waals surface area contributed by atoms with Gasteiger partial charge in [-0.3, -0.25) is 9.69 Å². The van der Waals surface area contributed by atoms with E-state index in [9.17, 15) is 9.90 Å². The first-order valence-electron chi connectivity index (χ1n) is 8.01. The summed E-state index contributed by atoms with van der Waals surface area (Å²) in [6.45, 7) is 5.69. The molecule has 1 N–H and O–H groups in total. The highest BCUT2D eigenvalue weighted by molar-refractivity contribution is 5.82. The van der Waals surface area contributed by atoms with E-state index in [4.69, 9.17) is 4.74 Å². The van der Waals surface area contributed by atoms with E-state index in [1.54, 1.807) is 0 Å². The Balaban J connectivity index is 1.48. The predicted molar refractivity (Wildman–Crippen MR) is 75.2 cm³/mol. The average molecular weight is 282 g/mol. The average Bonchev–Trinajstić information content (AvgIpc) is 2.96. The summed E-state index contributed by atoms with van der Waals surface area (Å²) in [7, 11) is 0. The van der Waals surface area contributed by atoms with Crippen LogP contribution in [0.25, 0.3) is 0 Å². The summed E-state index contributed by atoms with van der Waals surface area (Å²) in [5.41, 5.74) is 0. The summed E-state index contributed by atoms with van der Waals surface area (Å²) >= 11 is 0. The zero-order valence-corrected chi connectivity index (χ0v) is 12.2. The van der Waals surface area contributed by atoms with Crippen LogP contribution in [-0.4, -0.2) is 73.4 Å². The van der Waals surface area contributed by atoms with Crippen LogP contribution in [0.5, 0.6) is 0 Å². The monoisotopic (exact) mass is 282 g/mol.